The molecule has 0 amide bonds. The molecule has 0 bridgehead atoms. The van der Waals surface area contributed by atoms with E-state index >= 15 is 0 Å². The fraction of sp³-hybridized carbons (Fsp3) is 0.571. The van der Waals surface area contributed by atoms with Gasteiger partial charge in [0.05, 0.1) is 6.10 Å². The van der Waals surface area contributed by atoms with Gasteiger partial charge in [0.15, 0.2) is 6.29 Å². The van der Waals surface area contributed by atoms with E-state index in [4.69, 9.17) is 9.47 Å². The van der Waals surface area contributed by atoms with Crippen molar-refractivity contribution < 1.29 is 14.6 Å². The summed E-state index contributed by atoms with van der Waals surface area (Å²) in [5.74, 6) is 0.872. The van der Waals surface area contributed by atoms with Crippen LogP contribution in [0, 0.1) is 0 Å². The molecule has 0 saturated heterocycles. The maximum Gasteiger partial charge on any atom is 0.196 e. The molecule has 0 heterocycles. The van der Waals surface area contributed by atoms with E-state index in [2.05, 4.69) is 0 Å². The van der Waals surface area contributed by atoms with Crippen molar-refractivity contribution in [2.45, 2.75) is 46.0 Å². The molecular weight excluding hydrogens is 216 g/mol. The van der Waals surface area contributed by atoms with E-state index in [1.54, 1.807) is 6.92 Å². The summed E-state index contributed by atoms with van der Waals surface area (Å²) in [7, 11) is 0. The highest BCUT2D eigenvalue weighted by Gasteiger charge is 2.12. The Morgan fingerprint density at radius 3 is 2.53 bits per heavy atom. The molecular formula is C14H22O3. The zero-order valence-corrected chi connectivity index (χ0v) is 11.0. The predicted octanol–water partition coefficient (Wildman–Crippen LogP) is 2.93. The van der Waals surface area contributed by atoms with Gasteiger partial charge in [-0.15, -0.1) is 0 Å². The number of rotatable bonds is 6. The molecule has 3 nitrogen and oxygen atoms in total. The molecule has 0 saturated carbocycles. The first-order valence-electron chi connectivity index (χ1n) is 6.10. The van der Waals surface area contributed by atoms with Crippen molar-refractivity contribution in [2.24, 2.45) is 0 Å². The van der Waals surface area contributed by atoms with Gasteiger partial charge in [0.2, 0.25) is 0 Å². The molecule has 3 heteroatoms. The monoisotopic (exact) mass is 238 g/mol. The van der Waals surface area contributed by atoms with Gasteiger partial charge in [-0.05, 0) is 38.5 Å². The molecule has 96 valence electrons. The van der Waals surface area contributed by atoms with E-state index in [1.165, 1.54) is 0 Å². The minimum absolute atomic E-state index is 0.0981. The molecule has 1 aromatic rings. The van der Waals surface area contributed by atoms with E-state index < -0.39 is 0 Å². The summed E-state index contributed by atoms with van der Waals surface area (Å²) < 4.78 is 10.9. The van der Waals surface area contributed by atoms with Gasteiger partial charge in [0.1, 0.15) is 5.75 Å². The highest BCUT2D eigenvalue weighted by Crippen LogP contribution is 2.23. The molecule has 3 atom stereocenters. The average molecular weight is 238 g/mol. The third kappa shape index (κ3) is 4.36. The minimum Gasteiger partial charge on any atom is -0.465 e. The quantitative estimate of drug-likeness (QED) is 0.774. The Bertz CT molecular complexity index is 336. The van der Waals surface area contributed by atoms with Gasteiger partial charge in [-0.25, -0.2) is 0 Å². The van der Waals surface area contributed by atoms with Crippen LogP contribution in [0.15, 0.2) is 24.3 Å². The summed E-state index contributed by atoms with van der Waals surface area (Å²) in [5.41, 5.74) is 1.07. The van der Waals surface area contributed by atoms with Crippen LogP contribution < -0.4 is 4.74 Å². The van der Waals surface area contributed by atoms with E-state index in [0.717, 1.165) is 11.3 Å². The van der Waals surface area contributed by atoms with Crippen molar-refractivity contribution in [1.29, 1.82) is 0 Å². The molecule has 1 aromatic carbocycles. The Morgan fingerprint density at radius 1 is 1.24 bits per heavy atom. The van der Waals surface area contributed by atoms with Crippen molar-refractivity contribution in [3.05, 3.63) is 29.8 Å². The number of aliphatic hydroxyl groups excluding tert-OH is 1. The van der Waals surface area contributed by atoms with Crippen LogP contribution >= 0.6 is 0 Å². The number of hydrogen-bond donors (Lipinski definition) is 1. The maximum absolute atomic E-state index is 9.57. The van der Waals surface area contributed by atoms with E-state index in [-0.39, 0.29) is 18.3 Å². The largest absolute Gasteiger partial charge is 0.465 e. The van der Waals surface area contributed by atoms with E-state index in [1.807, 2.05) is 45.0 Å². The van der Waals surface area contributed by atoms with Crippen LogP contribution in [-0.4, -0.2) is 24.1 Å². The lowest BCUT2D eigenvalue weighted by Gasteiger charge is -2.18. The molecule has 3 unspecified atom stereocenters. The lowest BCUT2D eigenvalue weighted by molar-refractivity contribution is -0.0613. The lowest BCUT2D eigenvalue weighted by Crippen LogP contribution is -2.16. The predicted molar refractivity (Wildman–Crippen MR) is 68.3 cm³/mol. The first kappa shape index (κ1) is 14.0. The van der Waals surface area contributed by atoms with Gasteiger partial charge in [0.25, 0.3) is 0 Å². The van der Waals surface area contributed by atoms with Gasteiger partial charge < -0.3 is 14.6 Å². The van der Waals surface area contributed by atoms with Gasteiger partial charge in [-0.3, -0.25) is 0 Å². The molecule has 1 N–H and O–H groups in total. The van der Waals surface area contributed by atoms with Crippen molar-refractivity contribution in [3.8, 4) is 5.75 Å². The van der Waals surface area contributed by atoms with Crippen molar-refractivity contribution in [1.82, 2.24) is 0 Å². The fourth-order valence-electron chi connectivity index (χ4n) is 1.61. The van der Waals surface area contributed by atoms with Gasteiger partial charge in [0, 0.05) is 12.5 Å². The second-order valence-corrected chi connectivity index (χ2v) is 4.24. The Kier molecular flexibility index (Phi) is 5.45. The van der Waals surface area contributed by atoms with Crippen LogP contribution in [0.25, 0.3) is 0 Å². The molecule has 0 aliphatic carbocycles. The highest BCUT2D eigenvalue weighted by molar-refractivity contribution is 5.31. The molecule has 0 aliphatic heterocycles. The SMILES string of the molecule is CCOC(C)Oc1cccc(C(C)C(C)O)c1. The van der Waals surface area contributed by atoms with Gasteiger partial charge in [-0.2, -0.15) is 0 Å². The topological polar surface area (TPSA) is 38.7 Å². The first-order valence-corrected chi connectivity index (χ1v) is 6.10. The Morgan fingerprint density at radius 2 is 1.94 bits per heavy atom. The van der Waals surface area contributed by atoms with Crippen LogP contribution in [0.5, 0.6) is 5.75 Å². The van der Waals surface area contributed by atoms with E-state index in [0.29, 0.717) is 6.61 Å². The Hall–Kier alpha value is -1.06. The molecule has 0 radical (unpaired) electrons. The maximum atomic E-state index is 9.57. The smallest absolute Gasteiger partial charge is 0.196 e. The third-order valence-corrected chi connectivity index (χ3v) is 2.81. The van der Waals surface area contributed by atoms with Crippen molar-refractivity contribution >= 4 is 0 Å². The summed E-state index contributed by atoms with van der Waals surface area (Å²) in [6, 6.07) is 7.78. The first-order chi connectivity index (χ1) is 8.04. The summed E-state index contributed by atoms with van der Waals surface area (Å²) in [5, 5.41) is 9.57. The number of aliphatic hydroxyl groups is 1. The molecule has 17 heavy (non-hydrogen) atoms. The standard InChI is InChI=1S/C14H22O3/c1-5-16-12(4)17-14-8-6-7-13(9-14)10(2)11(3)15/h6-12,15H,5H2,1-4H3. The number of hydrogen-bond acceptors (Lipinski definition) is 3. The minimum atomic E-state index is -0.366. The van der Waals surface area contributed by atoms with Crippen molar-refractivity contribution in [3.63, 3.8) is 0 Å². The molecule has 0 spiro atoms. The van der Waals surface area contributed by atoms with Crippen LogP contribution in [-0.2, 0) is 4.74 Å². The van der Waals surface area contributed by atoms with Gasteiger partial charge >= 0.3 is 0 Å². The summed E-state index contributed by atoms with van der Waals surface area (Å²) in [4.78, 5) is 0. The van der Waals surface area contributed by atoms with E-state index in [9.17, 15) is 5.11 Å². The molecule has 0 aliphatic rings. The zero-order chi connectivity index (χ0) is 12.8. The highest BCUT2D eigenvalue weighted by atomic mass is 16.7. The molecule has 0 aromatic heterocycles. The fourth-order valence-corrected chi connectivity index (χ4v) is 1.61. The van der Waals surface area contributed by atoms with Crippen molar-refractivity contribution in [2.75, 3.05) is 6.61 Å². The second-order valence-electron chi connectivity index (χ2n) is 4.24. The summed E-state index contributed by atoms with van der Waals surface area (Å²) >= 11 is 0. The average Bonchev–Trinajstić information content (AvgIpc) is 2.28. The number of benzene rings is 1. The Balaban J connectivity index is 2.72. The Labute approximate surface area is 103 Å². The third-order valence-electron chi connectivity index (χ3n) is 2.81. The van der Waals surface area contributed by atoms with Gasteiger partial charge in [-0.1, -0.05) is 19.1 Å². The zero-order valence-electron chi connectivity index (χ0n) is 11.0. The van der Waals surface area contributed by atoms with Crippen LogP contribution in [0.2, 0.25) is 0 Å². The molecule has 1 rings (SSSR count). The second kappa shape index (κ2) is 6.62. The van der Waals surface area contributed by atoms with Crippen LogP contribution in [0.3, 0.4) is 0 Å². The van der Waals surface area contributed by atoms with Crippen LogP contribution in [0.1, 0.15) is 39.2 Å². The number of ether oxygens (including phenoxy) is 2. The molecule has 0 fully saturated rings. The lowest BCUT2D eigenvalue weighted by atomic mass is 9.96. The van der Waals surface area contributed by atoms with Crippen LogP contribution in [0.4, 0.5) is 0 Å². The summed E-state index contributed by atoms with van der Waals surface area (Å²) in [6.45, 7) is 8.22. The summed E-state index contributed by atoms with van der Waals surface area (Å²) in [6.07, 6.45) is -0.619. The normalized spacial score (nSPS) is 16.3.